The number of nitrogens with zero attached hydrogens (tertiary/aromatic N) is 1. The molecule has 3 N–H and O–H groups in total. The molecule has 0 spiro atoms. The first-order chi connectivity index (χ1) is 15.3. The lowest BCUT2D eigenvalue weighted by Gasteiger charge is -2.12. The van der Waals surface area contributed by atoms with E-state index in [1.54, 1.807) is 13.0 Å². The number of nitrogens with one attached hydrogen (secondary N) is 3. The van der Waals surface area contributed by atoms with Crippen molar-refractivity contribution in [1.82, 2.24) is 15.3 Å². The van der Waals surface area contributed by atoms with Gasteiger partial charge in [-0.25, -0.2) is 17.8 Å². The summed E-state index contributed by atoms with van der Waals surface area (Å²) in [5.41, 5.74) is 2.92. The Hall–Kier alpha value is -3.72. The number of benzene rings is 3. The number of hydrogen-bond donors (Lipinski definition) is 3. The zero-order chi connectivity index (χ0) is 22.7. The van der Waals surface area contributed by atoms with Crippen LogP contribution in [0.5, 0.6) is 0 Å². The van der Waals surface area contributed by atoms with Gasteiger partial charge in [-0.15, -0.1) is 0 Å². The Labute approximate surface area is 184 Å². The second-order valence-corrected chi connectivity index (χ2v) is 8.98. The summed E-state index contributed by atoms with van der Waals surface area (Å²) in [6.07, 6.45) is 0.504. The van der Waals surface area contributed by atoms with Crippen molar-refractivity contribution >= 4 is 32.7 Å². The number of para-hydroxylation sites is 2. The van der Waals surface area contributed by atoms with Crippen LogP contribution in [0.1, 0.15) is 21.7 Å². The molecule has 0 atom stereocenters. The predicted octanol–water partition coefficient (Wildman–Crippen LogP) is 3.78. The van der Waals surface area contributed by atoms with Crippen LogP contribution in [-0.4, -0.2) is 30.8 Å². The van der Waals surface area contributed by atoms with E-state index in [4.69, 9.17) is 0 Å². The highest BCUT2D eigenvalue weighted by Gasteiger charge is 2.18. The molecule has 1 amide bonds. The number of amides is 1. The quantitative estimate of drug-likeness (QED) is 0.397. The highest BCUT2D eigenvalue weighted by atomic mass is 32.2. The maximum atomic E-state index is 13.1. The predicted molar refractivity (Wildman–Crippen MR) is 121 cm³/mol. The number of carbonyl (C=O) groups excluding carboxylic acids is 1. The minimum atomic E-state index is -3.94. The van der Waals surface area contributed by atoms with Crippen LogP contribution in [0.3, 0.4) is 0 Å². The van der Waals surface area contributed by atoms with E-state index in [0.29, 0.717) is 18.5 Å². The summed E-state index contributed by atoms with van der Waals surface area (Å²) in [6.45, 7) is 2.07. The summed E-state index contributed by atoms with van der Waals surface area (Å²) in [7, 11) is -3.94. The van der Waals surface area contributed by atoms with Crippen LogP contribution in [-0.2, 0) is 16.4 Å². The number of carbonyl (C=O) groups is 1. The Bertz CT molecular complexity index is 1350. The van der Waals surface area contributed by atoms with Crippen LogP contribution in [0.25, 0.3) is 11.0 Å². The van der Waals surface area contributed by atoms with Crippen LogP contribution in [0.2, 0.25) is 0 Å². The standard InChI is InChI=1S/C23H21FN4O3S/c1-15-6-11-18(32(30,31)28-17-9-7-16(24)8-10-17)14-19(15)23(29)25-13-12-22-26-20-4-2-3-5-21(20)27-22/h2-11,14,28H,12-13H2,1H3,(H,25,29)(H,26,27). The molecule has 1 aromatic heterocycles. The van der Waals surface area contributed by atoms with E-state index in [1.807, 2.05) is 24.3 Å². The number of rotatable bonds is 7. The summed E-state index contributed by atoms with van der Waals surface area (Å²) in [5, 5.41) is 2.81. The number of anilines is 1. The van der Waals surface area contributed by atoms with Crippen molar-refractivity contribution in [2.45, 2.75) is 18.2 Å². The van der Waals surface area contributed by atoms with E-state index in [0.717, 1.165) is 29.0 Å². The van der Waals surface area contributed by atoms with Crippen molar-refractivity contribution < 1.29 is 17.6 Å². The molecule has 0 saturated carbocycles. The third kappa shape index (κ3) is 4.78. The lowest BCUT2D eigenvalue weighted by Crippen LogP contribution is -2.27. The molecule has 3 aromatic carbocycles. The van der Waals surface area contributed by atoms with Gasteiger partial charge >= 0.3 is 0 Å². The van der Waals surface area contributed by atoms with E-state index in [9.17, 15) is 17.6 Å². The van der Waals surface area contributed by atoms with Gasteiger partial charge in [-0.05, 0) is 61.0 Å². The summed E-state index contributed by atoms with van der Waals surface area (Å²) in [6, 6.07) is 17.0. The normalized spacial score (nSPS) is 11.4. The smallest absolute Gasteiger partial charge is 0.261 e. The van der Waals surface area contributed by atoms with E-state index in [-0.39, 0.29) is 22.1 Å². The van der Waals surface area contributed by atoms with Crippen LogP contribution in [0.15, 0.2) is 71.6 Å². The van der Waals surface area contributed by atoms with Crippen molar-refractivity contribution in [3.05, 3.63) is 89.5 Å². The molecule has 0 unspecified atom stereocenters. The minimum absolute atomic E-state index is 0.0603. The third-order valence-electron chi connectivity index (χ3n) is 4.95. The molecule has 32 heavy (non-hydrogen) atoms. The number of hydrogen-bond acceptors (Lipinski definition) is 4. The van der Waals surface area contributed by atoms with Gasteiger partial charge in [0.1, 0.15) is 11.6 Å². The van der Waals surface area contributed by atoms with E-state index in [1.165, 1.54) is 24.3 Å². The number of aryl methyl sites for hydroxylation is 1. The lowest BCUT2D eigenvalue weighted by molar-refractivity contribution is 0.0953. The first-order valence-corrected chi connectivity index (χ1v) is 11.4. The first kappa shape index (κ1) is 21.5. The molecule has 0 saturated heterocycles. The molecule has 4 aromatic rings. The number of sulfonamides is 1. The Morgan fingerprint density at radius 3 is 2.56 bits per heavy atom. The zero-order valence-corrected chi connectivity index (χ0v) is 18.0. The second-order valence-electron chi connectivity index (χ2n) is 7.30. The molecule has 0 radical (unpaired) electrons. The average molecular weight is 453 g/mol. The van der Waals surface area contributed by atoms with Crippen LogP contribution in [0, 0.1) is 12.7 Å². The van der Waals surface area contributed by atoms with Crippen LogP contribution in [0.4, 0.5) is 10.1 Å². The fourth-order valence-corrected chi connectivity index (χ4v) is 4.34. The maximum absolute atomic E-state index is 13.1. The number of halogens is 1. The summed E-state index contributed by atoms with van der Waals surface area (Å²) in [4.78, 5) is 20.3. The maximum Gasteiger partial charge on any atom is 0.261 e. The Morgan fingerprint density at radius 2 is 1.81 bits per heavy atom. The zero-order valence-electron chi connectivity index (χ0n) is 17.2. The van der Waals surface area contributed by atoms with Crippen molar-refractivity contribution in [1.29, 1.82) is 0 Å². The Kier molecular flexibility index (Phi) is 5.91. The van der Waals surface area contributed by atoms with E-state index in [2.05, 4.69) is 20.0 Å². The SMILES string of the molecule is Cc1ccc(S(=O)(=O)Nc2ccc(F)cc2)cc1C(=O)NCCc1nc2ccccc2[nH]1. The number of aromatic nitrogens is 2. The molecule has 7 nitrogen and oxygen atoms in total. The van der Waals surface area contributed by atoms with Gasteiger partial charge in [-0.3, -0.25) is 9.52 Å². The molecule has 0 aliphatic carbocycles. The lowest BCUT2D eigenvalue weighted by atomic mass is 10.1. The molecule has 164 valence electrons. The van der Waals surface area contributed by atoms with Crippen molar-refractivity contribution in [2.75, 3.05) is 11.3 Å². The molecule has 0 bridgehead atoms. The number of imidazole rings is 1. The third-order valence-corrected chi connectivity index (χ3v) is 6.33. The molecule has 0 fully saturated rings. The summed E-state index contributed by atoms with van der Waals surface area (Å²) >= 11 is 0. The van der Waals surface area contributed by atoms with Crippen LogP contribution >= 0.6 is 0 Å². The summed E-state index contributed by atoms with van der Waals surface area (Å²) in [5.74, 6) is -0.0922. The second kappa shape index (κ2) is 8.80. The first-order valence-electron chi connectivity index (χ1n) is 9.93. The topological polar surface area (TPSA) is 104 Å². The fourth-order valence-electron chi connectivity index (χ4n) is 3.26. The highest BCUT2D eigenvalue weighted by molar-refractivity contribution is 7.92. The summed E-state index contributed by atoms with van der Waals surface area (Å²) < 4.78 is 40.9. The molecule has 0 aliphatic heterocycles. The molecule has 4 rings (SSSR count). The van der Waals surface area contributed by atoms with E-state index >= 15 is 0 Å². The van der Waals surface area contributed by atoms with Gasteiger partial charge in [0.2, 0.25) is 0 Å². The van der Waals surface area contributed by atoms with E-state index < -0.39 is 15.8 Å². The van der Waals surface area contributed by atoms with Gasteiger partial charge in [0.25, 0.3) is 15.9 Å². The van der Waals surface area contributed by atoms with Gasteiger partial charge in [0.05, 0.1) is 15.9 Å². The molecular formula is C23H21FN4O3S. The highest BCUT2D eigenvalue weighted by Crippen LogP contribution is 2.20. The molecule has 1 heterocycles. The monoisotopic (exact) mass is 452 g/mol. The van der Waals surface area contributed by atoms with Crippen molar-refractivity contribution in [2.24, 2.45) is 0 Å². The number of fused-ring (bicyclic) bond motifs is 1. The largest absolute Gasteiger partial charge is 0.352 e. The number of aromatic amines is 1. The molecular weight excluding hydrogens is 431 g/mol. The molecule has 9 heteroatoms. The average Bonchev–Trinajstić information content (AvgIpc) is 3.18. The van der Waals surface area contributed by atoms with Crippen molar-refractivity contribution in [3.8, 4) is 0 Å². The van der Waals surface area contributed by atoms with Gasteiger partial charge in [-0.2, -0.15) is 0 Å². The van der Waals surface area contributed by atoms with Gasteiger partial charge in [-0.1, -0.05) is 18.2 Å². The van der Waals surface area contributed by atoms with Crippen LogP contribution < -0.4 is 10.0 Å². The van der Waals surface area contributed by atoms with Gasteiger partial charge < -0.3 is 10.3 Å². The Balaban J connectivity index is 1.45. The van der Waals surface area contributed by atoms with Gasteiger partial charge in [0.15, 0.2) is 0 Å². The van der Waals surface area contributed by atoms with Crippen molar-refractivity contribution in [3.63, 3.8) is 0 Å². The minimum Gasteiger partial charge on any atom is -0.352 e. The fraction of sp³-hybridized carbons (Fsp3) is 0.130. The number of H-pyrrole nitrogens is 1. The van der Waals surface area contributed by atoms with Gasteiger partial charge in [0, 0.05) is 24.2 Å². The molecule has 0 aliphatic rings. The Morgan fingerprint density at radius 1 is 1.06 bits per heavy atom.